The lowest BCUT2D eigenvalue weighted by Gasteiger charge is -2.39. The van der Waals surface area contributed by atoms with Crippen LogP contribution in [0.4, 0.5) is 0 Å². The van der Waals surface area contributed by atoms with Crippen molar-refractivity contribution >= 4 is 11.8 Å². The van der Waals surface area contributed by atoms with Gasteiger partial charge in [0.15, 0.2) is 6.29 Å². The van der Waals surface area contributed by atoms with E-state index in [2.05, 4.69) is 5.32 Å². The van der Waals surface area contributed by atoms with Gasteiger partial charge < -0.3 is 25.0 Å². The summed E-state index contributed by atoms with van der Waals surface area (Å²) < 4.78 is 10.6. The lowest BCUT2D eigenvalue weighted by atomic mass is 9.99. The fourth-order valence-electron chi connectivity index (χ4n) is 1.93. The second kappa shape index (κ2) is 4.34. The van der Waals surface area contributed by atoms with Gasteiger partial charge in [0.2, 0.25) is 0 Å². The molecule has 82 valence electrons. The van der Waals surface area contributed by atoms with Gasteiger partial charge in [-0.2, -0.15) is 0 Å². The Balaban J connectivity index is 2.10. The summed E-state index contributed by atoms with van der Waals surface area (Å²) in [6, 6.07) is -0.0455. The van der Waals surface area contributed by atoms with Crippen LogP contribution in [-0.2, 0) is 9.47 Å². The largest absolute Gasteiger partial charge is 0.394 e. The van der Waals surface area contributed by atoms with Crippen LogP contribution in [0.2, 0.25) is 0 Å². The molecule has 2 fully saturated rings. The summed E-state index contributed by atoms with van der Waals surface area (Å²) in [6.07, 6.45) is -1.56. The molecule has 0 bridgehead atoms. The molecule has 2 saturated heterocycles. The van der Waals surface area contributed by atoms with E-state index in [9.17, 15) is 5.11 Å². The Hall–Kier alpha value is 0.150. The number of fused-ring (bicyclic) bond motifs is 1. The van der Waals surface area contributed by atoms with E-state index in [0.717, 1.165) is 5.88 Å². The van der Waals surface area contributed by atoms with Crippen molar-refractivity contribution < 1.29 is 19.7 Å². The molecule has 0 radical (unpaired) electrons. The predicted molar refractivity (Wildman–Crippen MR) is 51.9 cm³/mol. The first-order valence-corrected chi connectivity index (χ1v) is 5.65. The average Bonchev–Trinajstić information content (AvgIpc) is 2.68. The molecular weight excluding hydrogens is 206 g/mol. The zero-order valence-electron chi connectivity index (χ0n) is 7.92. The number of hydrogen-bond acceptors (Lipinski definition) is 6. The predicted octanol–water partition coefficient (Wildman–Crippen LogP) is -1.26. The summed E-state index contributed by atoms with van der Waals surface area (Å²) >= 11 is 1.67. The van der Waals surface area contributed by atoms with Crippen LogP contribution in [0.1, 0.15) is 0 Å². The highest BCUT2D eigenvalue weighted by atomic mass is 32.2. The first-order valence-electron chi connectivity index (χ1n) is 4.60. The molecule has 2 aliphatic heterocycles. The highest BCUT2D eigenvalue weighted by molar-refractivity contribution is 8.00. The lowest BCUT2D eigenvalue weighted by molar-refractivity contribution is -0.222. The van der Waals surface area contributed by atoms with Crippen LogP contribution in [0.15, 0.2) is 0 Å². The summed E-state index contributed by atoms with van der Waals surface area (Å²) in [7, 11) is 1.58. The molecule has 5 atom stereocenters. The zero-order valence-corrected chi connectivity index (χ0v) is 8.74. The Morgan fingerprint density at radius 1 is 1.64 bits per heavy atom. The van der Waals surface area contributed by atoms with Gasteiger partial charge in [0.05, 0.1) is 24.0 Å². The number of methoxy groups -OCH3 is 1. The van der Waals surface area contributed by atoms with Crippen molar-refractivity contribution in [3.63, 3.8) is 0 Å². The van der Waals surface area contributed by atoms with Crippen molar-refractivity contribution in [2.75, 3.05) is 19.6 Å². The van der Waals surface area contributed by atoms with Crippen molar-refractivity contribution in [3.05, 3.63) is 0 Å². The summed E-state index contributed by atoms with van der Waals surface area (Å²) in [5.41, 5.74) is 0. The molecule has 0 amide bonds. The standard InChI is InChI=1S/C8H15NO4S/c1-12-8-7-5(9-3-14-7)6(11)4(2-10)13-8/h4-11H,2-3H2,1H3. The molecule has 2 rings (SSSR count). The van der Waals surface area contributed by atoms with Gasteiger partial charge in [-0.3, -0.25) is 0 Å². The van der Waals surface area contributed by atoms with Crippen LogP contribution in [0.3, 0.4) is 0 Å². The number of rotatable bonds is 2. The third-order valence-corrected chi connectivity index (χ3v) is 3.92. The van der Waals surface area contributed by atoms with Gasteiger partial charge in [0.1, 0.15) is 6.10 Å². The van der Waals surface area contributed by atoms with Gasteiger partial charge >= 0.3 is 0 Å². The second-order valence-electron chi connectivity index (χ2n) is 3.46. The van der Waals surface area contributed by atoms with Crippen LogP contribution >= 0.6 is 11.8 Å². The minimum absolute atomic E-state index is 0.0455. The Labute approximate surface area is 86.8 Å². The molecule has 0 aromatic rings. The fraction of sp³-hybridized carbons (Fsp3) is 1.00. The van der Waals surface area contributed by atoms with Gasteiger partial charge in [-0.05, 0) is 0 Å². The van der Waals surface area contributed by atoms with E-state index >= 15 is 0 Å². The molecule has 2 aliphatic rings. The Kier molecular flexibility index (Phi) is 3.30. The van der Waals surface area contributed by atoms with Crippen molar-refractivity contribution in [1.29, 1.82) is 0 Å². The van der Waals surface area contributed by atoms with E-state index in [-0.39, 0.29) is 24.2 Å². The van der Waals surface area contributed by atoms with Crippen molar-refractivity contribution in [3.8, 4) is 0 Å². The molecule has 5 nitrogen and oxygen atoms in total. The third-order valence-electron chi connectivity index (χ3n) is 2.69. The number of aliphatic hydroxyl groups is 2. The molecule has 3 N–H and O–H groups in total. The summed E-state index contributed by atoms with van der Waals surface area (Å²) in [5.74, 6) is 0.785. The van der Waals surface area contributed by atoms with E-state index in [1.807, 2.05) is 0 Å². The number of nitrogens with one attached hydrogen (secondary N) is 1. The number of thioether (sulfide) groups is 1. The van der Waals surface area contributed by atoms with E-state index in [0.29, 0.717) is 0 Å². The van der Waals surface area contributed by atoms with E-state index < -0.39 is 12.2 Å². The minimum Gasteiger partial charge on any atom is -0.394 e. The van der Waals surface area contributed by atoms with Crippen LogP contribution in [-0.4, -0.2) is 59.6 Å². The van der Waals surface area contributed by atoms with Gasteiger partial charge in [-0.25, -0.2) is 0 Å². The zero-order chi connectivity index (χ0) is 10.1. The van der Waals surface area contributed by atoms with Crippen LogP contribution < -0.4 is 5.32 Å². The molecule has 0 saturated carbocycles. The summed E-state index contributed by atoms with van der Waals surface area (Å²) in [6.45, 7) is -0.184. The molecule has 14 heavy (non-hydrogen) atoms. The molecular formula is C8H15NO4S. The molecule has 2 heterocycles. The molecule has 6 heteroatoms. The lowest BCUT2D eigenvalue weighted by Crippen LogP contribution is -2.59. The average molecular weight is 221 g/mol. The van der Waals surface area contributed by atoms with Gasteiger partial charge in [0.25, 0.3) is 0 Å². The van der Waals surface area contributed by atoms with Crippen LogP contribution in [0.25, 0.3) is 0 Å². The number of aliphatic hydroxyl groups excluding tert-OH is 2. The summed E-state index contributed by atoms with van der Waals surface area (Å²) in [4.78, 5) is 0. The highest BCUT2D eigenvalue weighted by Crippen LogP contribution is 2.34. The first kappa shape index (κ1) is 10.7. The maximum atomic E-state index is 9.84. The monoisotopic (exact) mass is 221 g/mol. The van der Waals surface area contributed by atoms with Gasteiger partial charge in [-0.15, -0.1) is 11.8 Å². The molecule has 5 unspecified atom stereocenters. The van der Waals surface area contributed by atoms with Crippen molar-refractivity contribution in [2.45, 2.75) is 29.8 Å². The molecule has 0 aromatic heterocycles. The Morgan fingerprint density at radius 3 is 3.07 bits per heavy atom. The van der Waals surface area contributed by atoms with Gasteiger partial charge in [0, 0.05) is 13.0 Å². The second-order valence-corrected chi connectivity index (χ2v) is 4.62. The van der Waals surface area contributed by atoms with E-state index in [1.54, 1.807) is 18.9 Å². The van der Waals surface area contributed by atoms with E-state index in [4.69, 9.17) is 14.6 Å². The Morgan fingerprint density at radius 2 is 2.43 bits per heavy atom. The molecule has 0 aromatic carbocycles. The normalized spacial score (nSPS) is 47.8. The maximum Gasteiger partial charge on any atom is 0.171 e. The molecule has 0 aliphatic carbocycles. The van der Waals surface area contributed by atoms with E-state index in [1.165, 1.54) is 0 Å². The van der Waals surface area contributed by atoms with Crippen molar-refractivity contribution in [1.82, 2.24) is 5.32 Å². The first-order chi connectivity index (χ1) is 6.77. The number of ether oxygens (including phenoxy) is 2. The van der Waals surface area contributed by atoms with Crippen molar-refractivity contribution in [2.24, 2.45) is 0 Å². The topological polar surface area (TPSA) is 71.0 Å². The smallest absolute Gasteiger partial charge is 0.171 e. The van der Waals surface area contributed by atoms with Crippen LogP contribution in [0.5, 0.6) is 0 Å². The quantitative estimate of drug-likeness (QED) is 0.541. The number of hydrogen-bond donors (Lipinski definition) is 3. The third kappa shape index (κ3) is 1.66. The fourth-order valence-corrected chi connectivity index (χ4v) is 3.20. The SMILES string of the molecule is COC1OC(CO)C(O)C2NCSC12. The summed E-state index contributed by atoms with van der Waals surface area (Å²) in [5, 5.41) is 22.1. The minimum atomic E-state index is -0.661. The molecule has 0 spiro atoms. The highest BCUT2D eigenvalue weighted by Gasteiger charge is 2.47. The Bertz CT molecular complexity index is 206. The van der Waals surface area contributed by atoms with Crippen LogP contribution in [0, 0.1) is 0 Å². The maximum absolute atomic E-state index is 9.84. The van der Waals surface area contributed by atoms with Gasteiger partial charge in [-0.1, -0.05) is 0 Å².